The highest BCUT2D eigenvalue weighted by molar-refractivity contribution is 6.35. The number of carbonyl (C=O) groups excluding carboxylic acids is 1. The number of hydrogen-bond acceptors (Lipinski definition) is 4. The molecule has 0 radical (unpaired) electrons. The van der Waals surface area contributed by atoms with Crippen LogP contribution in [0.1, 0.15) is 16.2 Å². The fraction of sp³-hybridized carbons (Fsp3) is 0.200. The molecule has 2 N–H and O–H groups in total. The van der Waals surface area contributed by atoms with Crippen LogP contribution >= 0.6 is 23.2 Å². The summed E-state index contributed by atoms with van der Waals surface area (Å²) in [5.41, 5.74) is 0.912. The fourth-order valence-corrected chi connectivity index (χ4v) is 1.88. The molecule has 18 heavy (non-hydrogen) atoms. The predicted molar refractivity (Wildman–Crippen MR) is 66.7 cm³/mol. The smallest absolute Gasteiger partial charge is 0.292 e. The average molecular weight is 286 g/mol. The molecule has 1 aromatic heterocycles. The summed E-state index contributed by atoms with van der Waals surface area (Å²) in [7, 11) is 0. The van der Waals surface area contributed by atoms with Crippen molar-refractivity contribution < 1.29 is 4.79 Å². The first-order valence-corrected chi connectivity index (χ1v) is 5.88. The lowest BCUT2D eigenvalue weighted by molar-refractivity contribution is 0.0944. The third-order valence-corrected chi connectivity index (χ3v) is 2.83. The van der Waals surface area contributed by atoms with Gasteiger partial charge in [0.2, 0.25) is 0 Å². The molecule has 2 rings (SSSR count). The summed E-state index contributed by atoms with van der Waals surface area (Å²) < 4.78 is 0. The van der Waals surface area contributed by atoms with Crippen molar-refractivity contribution in [3.05, 3.63) is 39.6 Å². The molecule has 0 atom stereocenters. The number of nitrogens with zero attached hydrogens (tertiary/aromatic N) is 3. The van der Waals surface area contributed by atoms with Crippen LogP contribution in [0.5, 0.6) is 0 Å². The molecule has 0 fully saturated rings. The largest absolute Gasteiger partial charge is 0.349 e. The lowest BCUT2D eigenvalue weighted by Crippen LogP contribution is -2.26. The minimum Gasteiger partial charge on any atom is -0.349 e. The van der Waals surface area contributed by atoms with Crippen LogP contribution in [0.3, 0.4) is 0 Å². The minimum atomic E-state index is -0.381. The molecule has 6 nitrogen and oxygen atoms in total. The number of hydrogen-bond donors (Lipinski definition) is 2. The van der Waals surface area contributed by atoms with E-state index in [1.54, 1.807) is 12.1 Å². The number of H-pyrrole nitrogens is 1. The standard InChI is InChI=1S/C10H9Cl2N5O/c11-7-2-1-6(8(12)5-7)3-4-13-10(18)9-14-16-17-15-9/h1-2,5H,3-4H2,(H,13,18)(H,14,15,16,17). The Labute approximate surface area is 113 Å². The first kappa shape index (κ1) is 12.8. The van der Waals surface area contributed by atoms with Crippen molar-refractivity contribution in [2.24, 2.45) is 0 Å². The molecule has 0 bridgehead atoms. The monoisotopic (exact) mass is 285 g/mol. The van der Waals surface area contributed by atoms with E-state index in [0.717, 1.165) is 5.56 Å². The van der Waals surface area contributed by atoms with E-state index in [4.69, 9.17) is 23.2 Å². The first-order chi connectivity index (χ1) is 8.66. The number of aromatic nitrogens is 4. The molecule has 1 amide bonds. The zero-order valence-corrected chi connectivity index (χ0v) is 10.7. The molecule has 0 aliphatic heterocycles. The van der Waals surface area contributed by atoms with Gasteiger partial charge in [-0.05, 0) is 29.3 Å². The second-order valence-electron chi connectivity index (χ2n) is 3.48. The molecule has 0 saturated heterocycles. The topological polar surface area (TPSA) is 83.6 Å². The van der Waals surface area contributed by atoms with Crippen LogP contribution in [0.2, 0.25) is 10.0 Å². The minimum absolute atomic E-state index is 0.0113. The molecule has 0 unspecified atom stereocenters. The Balaban J connectivity index is 1.87. The number of benzene rings is 1. The molecule has 2 aromatic rings. The molecule has 1 heterocycles. The van der Waals surface area contributed by atoms with Crippen molar-refractivity contribution in [3.63, 3.8) is 0 Å². The van der Waals surface area contributed by atoms with Crippen molar-refractivity contribution in [1.82, 2.24) is 25.9 Å². The van der Waals surface area contributed by atoms with E-state index < -0.39 is 0 Å². The van der Waals surface area contributed by atoms with Gasteiger partial charge < -0.3 is 5.32 Å². The summed E-state index contributed by atoms with van der Waals surface area (Å²) in [6, 6.07) is 5.24. The van der Waals surface area contributed by atoms with Gasteiger partial charge in [0, 0.05) is 16.6 Å². The van der Waals surface area contributed by atoms with Crippen molar-refractivity contribution in [2.45, 2.75) is 6.42 Å². The Kier molecular flexibility index (Phi) is 4.11. The number of aromatic amines is 1. The van der Waals surface area contributed by atoms with Crippen LogP contribution in [0, 0.1) is 0 Å². The molecule has 8 heteroatoms. The van der Waals surface area contributed by atoms with Crippen LogP contribution in [-0.4, -0.2) is 33.1 Å². The number of carbonyl (C=O) groups is 1. The highest BCUT2D eigenvalue weighted by atomic mass is 35.5. The molecule has 94 valence electrons. The molecule has 1 aromatic carbocycles. The molecular formula is C10H9Cl2N5O. The maximum Gasteiger partial charge on any atom is 0.292 e. The Bertz CT molecular complexity index is 543. The van der Waals surface area contributed by atoms with Gasteiger partial charge in [0.1, 0.15) is 0 Å². The second kappa shape index (κ2) is 5.79. The van der Waals surface area contributed by atoms with Gasteiger partial charge >= 0.3 is 0 Å². The van der Waals surface area contributed by atoms with E-state index >= 15 is 0 Å². The van der Waals surface area contributed by atoms with Crippen molar-refractivity contribution in [2.75, 3.05) is 6.54 Å². The van der Waals surface area contributed by atoms with Crippen LogP contribution in [0.15, 0.2) is 18.2 Å². The van der Waals surface area contributed by atoms with Crippen LogP contribution in [0.25, 0.3) is 0 Å². The van der Waals surface area contributed by atoms with Crippen molar-refractivity contribution in [1.29, 1.82) is 0 Å². The van der Waals surface area contributed by atoms with E-state index in [0.29, 0.717) is 23.0 Å². The summed E-state index contributed by atoms with van der Waals surface area (Å²) >= 11 is 11.8. The van der Waals surface area contributed by atoms with Gasteiger partial charge in [-0.25, -0.2) is 0 Å². The number of tetrazole rings is 1. The van der Waals surface area contributed by atoms with Crippen molar-refractivity contribution >= 4 is 29.1 Å². The second-order valence-corrected chi connectivity index (χ2v) is 4.32. The lowest BCUT2D eigenvalue weighted by atomic mass is 10.1. The van der Waals surface area contributed by atoms with E-state index in [1.165, 1.54) is 0 Å². The Morgan fingerprint density at radius 1 is 1.39 bits per heavy atom. The molecule has 0 aliphatic carbocycles. The van der Waals surface area contributed by atoms with Gasteiger partial charge in [-0.2, -0.15) is 5.21 Å². The summed E-state index contributed by atoms with van der Waals surface area (Å²) in [5, 5.41) is 16.5. The molecule has 0 spiro atoms. The number of amides is 1. The van der Waals surface area contributed by atoms with E-state index in [-0.39, 0.29) is 11.7 Å². The van der Waals surface area contributed by atoms with Crippen LogP contribution in [0.4, 0.5) is 0 Å². The predicted octanol–water partition coefficient (Wildman–Crippen LogP) is 1.48. The van der Waals surface area contributed by atoms with Crippen LogP contribution in [-0.2, 0) is 6.42 Å². The number of rotatable bonds is 4. The Morgan fingerprint density at radius 2 is 2.22 bits per heavy atom. The number of halogens is 2. The molecule has 0 saturated carbocycles. The molecular weight excluding hydrogens is 277 g/mol. The zero-order valence-electron chi connectivity index (χ0n) is 9.15. The van der Waals surface area contributed by atoms with E-state index in [9.17, 15) is 4.79 Å². The fourth-order valence-electron chi connectivity index (χ4n) is 1.37. The average Bonchev–Trinajstić information content (AvgIpc) is 2.85. The zero-order chi connectivity index (χ0) is 13.0. The first-order valence-electron chi connectivity index (χ1n) is 5.12. The van der Waals surface area contributed by atoms with Crippen LogP contribution < -0.4 is 5.32 Å². The highest BCUT2D eigenvalue weighted by Gasteiger charge is 2.09. The van der Waals surface area contributed by atoms with E-state index in [1.807, 2.05) is 6.07 Å². The summed E-state index contributed by atoms with van der Waals surface area (Å²) in [6.45, 7) is 0.425. The molecule has 0 aliphatic rings. The quantitative estimate of drug-likeness (QED) is 0.891. The number of nitrogens with one attached hydrogen (secondary N) is 2. The van der Waals surface area contributed by atoms with Gasteiger partial charge in [0.25, 0.3) is 11.7 Å². The normalized spacial score (nSPS) is 10.3. The van der Waals surface area contributed by atoms with Gasteiger partial charge in [-0.15, -0.1) is 10.2 Å². The maximum absolute atomic E-state index is 11.5. The van der Waals surface area contributed by atoms with Gasteiger partial charge in [-0.1, -0.05) is 29.3 Å². The van der Waals surface area contributed by atoms with Gasteiger partial charge in [0.15, 0.2) is 0 Å². The third kappa shape index (κ3) is 3.18. The van der Waals surface area contributed by atoms with Crippen molar-refractivity contribution in [3.8, 4) is 0 Å². The highest BCUT2D eigenvalue weighted by Crippen LogP contribution is 2.20. The SMILES string of the molecule is O=C(NCCc1ccc(Cl)cc1Cl)c1nn[nH]n1. The maximum atomic E-state index is 11.5. The Hall–Kier alpha value is -1.66. The van der Waals surface area contributed by atoms with E-state index in [2.05, 4.69) is 25.9 Å². The summed E-state index contributed by atoms with van der Waals surface area (Å²) in [5.74, 6) is -0.369. The third-order valence-electron chi connectivity index (χ3n) is 2.24. The van der Waals surface area contributed by atoms with Gasteiger partial charge in [-0.3, -0.25) is 4.79 Å². The summed E-state index contributed by atoms with van der Waals surface area (Å²) in [6.07, 6.45) is 0.597. The van der Waals surface area contributed by atoms with Gasteiger partial charge in [0.05, 0.1) is 0 Å². The summed E-state index contributed by atoms with van der Waals surface area (Å²) in [4.78, 5) is 11.5. The lowest BCUT2D eigenvalue weighted by Gasteiger charge is -2.05. The Morgan fingerprint density at radius 3 is 2.89 bits per heavy atom.